The van der Waals surface area contributed by atoms with Gasteiger partial charge in [-0.15, -0.1) is 0 Å². The Hall–Kier alpha value is -3.48. The highest BCUT2D eigenvalue weighted by atomic mass is 19.1. The SMILES string of the molecule is Cc1cc(F)ccc1-c1cc(N)nc2c1C=NC(=O)C2c1c(F)cccc1F. The summed E-state index contributed by atoms with van der Waals surface area (Å²) in [5.41, 5.74) is 7.87. The van der Waals surface area contributed by atoms with Crippen LogP contribution >= 0.6 is 0 Å². The van der Waals surface area contributed by atoms with E-state index >= 15 is 0 Å². The number of anilines is 1. The molecule has 4 nitrogen and oxygen atoms in total. The number of rotatable bonds is 2. The molecule has 1 unspecified atom stereocenters. The standard InChI is InChI=1S/C21H14F3N3O/c1-10-7-11(22)5-6-12(10)13-8-17(25)27-20-14(13)9-26-21(28)19(20)18-15(23)3-2-4-16(18)24/h2-9,19H,1H3,(H2,25,27). The molecule has 1 aliphatic rings. The van der Waals surface area contributed by atoms with E-state index in [1.54, 1.807) is 19.1 Å². The van der Waals surface area contributed by atoms with Gasteiger partial charge in [0.1, 0.15) is 29.2 Å². The molecule has 0 bridgehead atoms. The van der Waals surface area contributed by atoms with E-state index in [2.05, 4.69) is 9.98 Å². The highest BCUT2D eigenvalue weighted by Gasteiger charge is 2.35. The van der Waals surface area contributed by atoms with Crippen molar-refractivity contribution in [1.29, 1.82) is 0 Å². The van der Waals surface area contributed by atoms with Gasteiger partial charge in [-0.25, -0.2) is 23.1 Å². The Bertz CT molecular complexity index is 1140. The summed E-state index contributed by atoms with van der Waals surface area (Å²) in [5, 5.41) is 0. The number of benzene rings is 2. The van der Waals surface area contributed by atoms with E-state index in [1.807, 2.05) is 0 Å². The molecule has 0 saturated carbocycles. The van der Waals surface area contributed by atoms with Crippen LogP contribution in [0.3, 0.4) is 0 Å². The number of aliphatic imine (C=N–C) groups is 1. The fourth-order valence-corrected chi connectivity index (χ4v) is 3.47. The molecule has 0 radical (unpaired) electrons. The van der Waals surface area contributed by atoms with Crippen molar-refractivity contribution in [2.24, 2.45) is 4.99 Å². The minimum Gasteiger partial charge on any atom is -0.384 e. The second kappa shape index (κ2) is 6.60. The molecular weight excluding hydrogens is 367 g/mol. The van der Waals surface area contributed by atoms with E-state index in [9.17, 15) is 18.0 Å². The molecule has 7 heteroatoms. The smallest absolute Gasteiger partial charge is 0.259 e. The molecule has 1 atom stereocenters. The molecular formula is C21H14F3N3O. The first kappa shape index (κ1) is 17.9. The molecule has 1 aliphatic heterocycles. The second-order valence-corrected chi connectivity index (χ2v) is 6.52. The van der Waals surface area contributed by atoms with Crippen molar-refractivity contribution in [2.45, 2.75) is 12.8 Å². The Balaban J connectivity index is 2.00. The lowest BCUT2D eigenvalue weighted by atomic mass is 9.85. The summed E-state index contributed by atoms with van der Waals surface area (Å²) < 4.78 is 42.3. The Morgan fingerprint density at radius 3 is 2.39 bits per heavy atom. The van der Waals surface area contributed by atoms with E-state index in [4.69, 9.17) is 5.73 Å². The van der Waals surface area contributed by atoms with Gasteiger partial charge in [-0.05, 0) is 53.9 Å². The number of amides is 1. The van der Waals surface area contributed by atoms with Crippen LogP contribution in [-0.4, -0.2) is 17.1 Å². The van der Waals surface area contributed by atoms with Crippen molar-refractivity contribution in [2.75, 3.05) is 5.73 Å². The first-order chi connectivity index (χ1) is 13.4. The third kappa shape index (κ3) is 2.85. The normalized spacial score (nSPS) is 15.6. The minimum atomic E-state index is -1.36. The zero-order valence-corrected chi connectivity index (χ0v) is 14.7. The van der Waals surface area contributed by atoms with Gasteiger partial charge < -0.3 is 5.73 Å². The van der Waals surface area contributed by atoms with Gasteiger partial charge in [0.05, 0.1) is 5.69 Å². The molecule has 2 aromatic carbocycles. The summed E-state index contributed by atoms with van der Waals surface area (Å²) in [7, 11) is 0. The van der Waals surface area contributed by atoms with Gasteiger partial charge in [-0.1, -0.05) is 12.1 Å². The van der Waals surface area contributed by atoms with Gasteiger partial charge in [0.25, 0.3) is 5.91 Å². The maximum Gasteiger partial charge on any atom is 0.259 e. The molecule has 2 heterocycles. The lowest BCUT2D eigenvalue weighted by Crippen LogP contribution is -2.23. The zero-order valence-electron chi connectivity index (χ0n) is 14.7. The number of pyridine rings is 1. The molecule has 2 N–H and O–H groups in total. The van der Waals surface area contributed by atoms with E-state index in [-0.39, 0.29) is 11.5 Å². The number of halogens is 3. The van der Waals surface area contributed by atoms with Crippen molar-refractivity contribution < 1.29 is 18.0 Å². The van der Waals surface area contributed by atoms with Gasteiger partial charge in [0.2, 0.25) is 0 Å². The van der Waals surface area contributed by atoms with Gasteiger partial charge in [0, 0.05) is 17.3 Å². The highest BCUT2D eigenvalue weighted by molar-refractivity contribution is 6.06. The summed E-state index contributed by atoms with van der Waals surface area (Å²) >= 11 is 0. The van der Waals surface area contributed by atoms with Crippen molar-refractivity contribution in [3.8, 4) is 11.1 Å². The van der Waals surface area contributed by atoms with Crippen LogP contribution in [0.15, 0.2) is 47.5 Å². The number of hydrogen-bond donors (Lipinski definition) is 1. The van der Waals surface area contributed by atoms with E-state index in [0.717, 1.165) is 12.1 Å². The molecule has 0 aliphatic carbocycles. The van der Waals surface area contributed by atoms with Gasteiger partial charge >= 0.3 is 0 Å². The lowest BCUT2D eigenvalue weighted by molar-refractivity contribution is -0.118. The molecule has 1 amide bonds. The Morgan fingerprint density at radius 2 is 1.71 bits per heavy atom. The van der Waals surface area contributed by atoms with Crippen LogP contribution in [0.2, 0.25) is 0 Å². The van der Waals surface area contributed by atoms with E-state index in [1.165, 1.54) is 24.4 Å². The number of nitrogens with zero attached hydrogens (tertiary/aromatic N) is 2. The third-order valence-electron chi connectivity index (χ3n) is 4.72. The van der Waals surface area contributed by atoms with Crippen LogP contribution in [0.4, 0.5) is 19.0 Å². The Labute approximate surface area is 158 Å². The predicted molar refractivity (Wildman–Crippen MR) is 99.6 cm³/mol. The number of carbonyl (C=O) groups is 1. The number of nitrogens with two attached hydrogens (primary N) is 1. The van der Waals surface area contributed by atoms with Crippen molar-refractivity contribution >= 4 is 17.9 Å². The monoisotopic (exact) mass is 381 g/mol. The highest BCUT2D eigenvalue weighted by Crippen LogP contribution is 2.38. The molecule has 0 saturated heterocycles. The molecule has 0 spiro atoms. The number of hydrogen-bond acceptors (Lipinski definition) is 3. The van der Waals surface area contributed by atoms with Crippen LogP contribution in [0.1, 0.15) is 28.3 Å². The summed E-state index contributed by atoms with van der Waals surface area (Å²) in [6.45, 7) is 1.72. The summed E-state index contributed by atoms with van der Waals surface area (Å²) in [4.78, 5) is 20.5. The molecule has 1 aromatic heterocycles. The first-order valence-electron chi connectivity index (χ1n) is 8.45. The summed E-state index contributed by atoms with van der Waals surface area (Å²) in [6, 6.07) is 9.15. The van der Waals surface area contributed by atoms with Gasteiger partial charge in [-0.2, -0.15) is 0 Å². The van der Waals surface area contributed by atoms with E-state index < -0.39 is 34.8 Å². The number of carbonyl (C=O) groups excluding carboxylic acids is 1. The molecule has 28 heavy (non-hydrogen) atoms. The number of aromatic nitrogens is 1. The van der Waals surface area contributed by atoms with Gasteiger partial charge in [0.15, 0.2) is 0 Å². The van der Waals surface area contributed by atoms with Crippen LogP contribution in [-0.2, 0) is 4.79 Å². The zero-order chi connectivity index (χ0) is 20.0. The number of aryl methyl sites for hydroxylation is 1. The first-order valence-corrected chi connectivity index (χ1v) is 8.45. The predicted octanol–water partition coefficient (Wildman–Crippen LogP) is 4.15. The molecule has 140 valence electrons. The van der Waals surface area contributed by atoms with E-state index in [0.29, 0.717) is 22.3 Å². The maximum atomic E-state index is 14.4. The third-order valence-corrected chi connectivity index (χ3v) is 4.72. The fourth-order valence-electron chi connectivity index (χ4n) is 3.47. The van der Waals surface area contributed by atoms with Crippen molar-refractivity contribution in [3.63, 3.8) is 0 Å². The quantitative estimate of drug-likeness (QED) is 0.725. The average Bonchev–Trinajstić information content (AvgIpc) is 2.62. The second-order valence-electron chi connectivity index (χ2n) is 6.52. The summed E-state index contributed by atoms with van der Waals surface area (Å²) in [6.07, 6.45) is 1.30. The van der Waals surface area contributed by atoms with Crippen LogP contribution in [0.5, 0.6) is 0 Å². The van der Waals surface area contributed by atoms with Crippen LogP contribution < -0.4 is 5.73 Å². The van der Waals surface area contributed by atoms with Gasteiger partial charge in [-0.3, -0.25) is 4.79 Å². The largest absolute Gasteiger partial charge is 0.384 e. The van der Waals surface area contributed by atoms with Crippen molar-refractivity contribution in [3.05, 3.63) is 82.3 Å². The fraction of sp³-hybridized carbons (Fsp3) is 0.0952. The van der Waals surface area contributed by atoms with Crippen molar-refractivity contribution in [1.82, 2.24) is 4.98 Å². The van der Waals surface area contributed by atoms with Crippen LogP contribution in [0, 0.1) is 24.4 Å². The number of nitrogen functional groups attached to an aromatic ring is 1. The minimum absolute atomic E-state index is 0.0716. The van der Waals surface area contributed by atoms with Crippen LogP contribution in [0.25, 0.3) is 11.1 Å². The molecule has 4 rings (SSSR count). The lowest BCUT2D eigenvalue weighted by Gasteiger charge is -2.23. The summed E-state index contributed by atoms with van der Waals surface area (Å²) in [5.74, 6) is -4.16. The molecule has 3 aromatic rings. The Morgan fingerprint density at radius 1 is 1.00 bits per heavy atom. The molecule has 0 fully saturated rings. The topological polar surface area (TPSA) is 68.3 Å². The Kier molecular flexibility index (Phi) is 4.22. The average molecular weight is 381 g/mol. The number of fused-ring (bicyclic) bond motifs is 1. The maximum absolute atomic E-state index is 14.4.